The van der Waals surface area contributed by atoms with Crippen molar-refractivity contribution in [3.05, 3.63) is 0 Å². The second kappa shape index (κ2) is 9.93. The van der Waals surface area contributed by atoms with E-state index in [1.165, 1.54) is 12.8 Å². The maximum atomic E-state index is 10.5. The van der Waals surface area contributed by atoms with E-state index in [0.717, 1.165) is 45.3 Å². The van der Waals surface area contributed by atoms with E-state index in [2.05, 4.69) is 0 Å². The lowest BCUT2D eigenvalue weighted by Gasteiger charge is -2.03. The Morgan fingerprint density at radius 3 is 1.87 bits per heavy atom. The first-order chi connectivity index (χ1) is 7.22. The first-order valence-corrected chi connectivity index (χ1v) is 5.86. The molecule has 4 nitrogen and oxygen atoms in total. The highest BCUT2D eigenvalue weighted by Gasteiger charge is 2.14. The number of likely N-dealkylation sites (tertiary alicyclic amines) is 1. The predicted molar refractivity (Wildman–Crippen MR) is 63.4 cm³/mol. The predicted octanol–water partition coefficient (Wildman–Crippen LogP) is 0.703. The van der Waals surface area contributed by atoms with E-state index >= 15 is 0 Å². The van der Waals surface area contributed by atoms with Gasteiger partial charge in [0, 0.05) is 20.0 Å². The molecule has 4 heteroatoms. The van der Waals surface area contributed by atoms with Gasteiger partial charge in [0.15, 0.2) is 0 Å². The third-order valence-electron chi connectivity index (χ3n) is 2.47. The quantitative estimate of drug-likeness (QED) is 0.663. The van der Waals surface area contributed by atoms with E-state index in [4.69, 9.17) is 11.5 Å². The molecule has 90 valence electrons. The molecule has 0 atom stereocenters. The average Bonchev–Trinajstić information content (AvgIpc) is 2.60. The Hall–Kier alpha value is -0.610. The lowest BCUT2D eigenvalue weighted by Crippen LogP contribution is -2.17. The van der Waals surface area contributed by atoms with E-state index in [-0.39, 0.29) is 0 Å². The Morgan fingerprint density at radius 2 is 1.67 bits per heavy atom. The molecule has 0 aliphatic carbocycles. The monoisotopic (exact) mass is 215 g/mol. The molecule has 0 aromatic rings. The van der Waals surface area contributed by atoms with Crippen LogP contribution in [0.4, 0.5) is 0 Å². The summed E-state index contributed by atoms with van der Waals surface area (Å²) in [6, 6.07) is 0. The second-order valence-electron chi connectivity index (χ2n) is 3.91. The van der Waals surface area contributed by atoms with Crippen LogP contribution in [0.1, 0.15) is 38.5 Å². The molecule has 4 N–H and O–H groups in total. The van der Waals surface area contributed by atoms with Crippen LogP contribution in [0.25, 0.3) is 0 Å². The number of nitrogens with two attached hydrogens (primary N) is 2. The third kappa shape index (κ3) is 8.39. The first-order valence-electron chi connectivity index (χ1n) is 5.86. The molecule has 0 unspecified atom stereocenters. The molecule has 1 amide bonds. The molecule has 0 radical (unpaired) electrons. The van der Waals surface area contributed by atoms with E-state index < -0.39 is 0 Å². The summed E-state index contributed by atoms with van der Waals surface area (Å²) in [5.74, 6) is 0.292. The molecule has 1 heterocycles. The van der Waals surface area contributed by atoms with Gasteiger partial charge < -0.3 is 16.4 Å². The largest absolute Gasteiger partial charge is 0.346 e. The van der Waals surface area contributed by atoms with Crippen molar-refractivity contribution >= 4 is 5.91 Å². The molecule has 1 saturated heterocycles. The summed E-state index contributed by atoms with van der Waals surface area (Å²) in [6.45, 7) is 2.61. The number of hydrogen-bond donors (Lipinski definition) is 2. The highest BCUT2D eigenvalue weighted by molar-refractivity contribution is 5.77. The number of carbonyl (C=O) groups is 1. The van der Waals surface area contributed by atoms with Gasteiger partial charge in [-0.3, -0.25) is 4.79 Å². The van der Waals surface area contributed by atoms with Gasteiger partial charge in [0.2, 0.25) is 5.91 Å². The first kappa shape index (κ1) is 14.4. The lowest BCUT2D eigenvalue weighted by atomic mass is 10.2. The molecule has 1 fully saturated rings. The number of amides is 1. The fraction of sp³-hybridized carbons (Fsp3) is 0.909. The Balaban J connectivity index is 0.000000262. The van der Waals surface area contributed by atoms with Crippen molar-refractivity contribution < 1.29 is 4.79 Å². The van der Waals surface area contributed by atoms with Crippen molar-refractivity contribution in [2.24, 2.45) is 11.5 Å². The van der Waals surface area contributed by atoms with Crippen molar-refractivity contribution in [3.8, 4) is 0 Å². The third-order valence-corrected chi connectivity index (χ3v) is 2.47. The number of unbranched alkanes of at least 4 members (excludes halogenated alkanes) is 3. The van der Waals surface area contributed by atoms with E-state index in [1.807, 2.05) is 7.05 Å². The molecule has 1 aliphatic rings. The lowest BCUT2D eigenvalue weighted by molar-refractivity contribution is -0.126. The van der Waals surface area contributed by atoms with Gasteiger partial charge in [0.25, 0.3) is 0 Å². The number of nitrogens with zero attached hydrogens (tertiary/aromatic N) is 1. The van der Waals surface area contributed by atoms with Gasteiger partial charge in [-0.2, -0.15) is 0 Å². The van der Waals surface area contributed by atoms with Gasteiger partial charge in [-0.1, -0.05) is 12.8 Å². The van der Waals surface area contributed by atoms with Crippen molar-refractivity contribution in [2.75, 3.05) is 26.7 Å². The van der Waals surface area contributed by atoms with Crippen LogP contribution in [0, 0.1) is 0 Å². The molecular weight excluding hydrogens is 190 g/mol. The van der Waals surface area contributed by atoms with Gasteiger partial charge in [0.1, 0.15) is 0 Å². The van der Waals surface area contributed by atoms with Crippen LogP contribution in [0.5, 0.6) is 0 Å². The Bertz CT molecular complexity index is 156. The molecule has 1 rings (SSSR count). The Morgan fingerprint density at radius 1 is 1.13 bits per heavy atom. The minimum absolute atomic E-state index is 0.292. The fourth-order valence-corrected chi connectivity index (χ4v) is 1.43. The zero-order valence-electron chi connectivity index (χ0n) is 9.87. The molecular formula is C11H25N3O. The SMILES string of the molecule is CN1CCCC1=O.NCCCCCCN. The van der Waals surface area contributed by atoms with Crippen molar-refractivity contribution in [2.45, 2.75) is 38.5 Å². The van der Waals surface area contributed by atoms with Crippen molar-refractivity contribution in [1.29, 1.82) is 0 Å². The molecule has 0 aromatic heterocycles. The van der Waals surface area contributed by atoms with Crippen molar-refractivity contribution in [1.82, 2.24) is 4.90 Å². The summed E-state index contributed by atoms with van der Waals surface area (Å²) < 4.78 is 0. The number of hydrogen-bond acceptors (Lipinski definition) is 3. The van der Waals surface area contributed by atoms with E-state index in [0.29, 0.717) is 5.91 Å². The topological polar surface area (TPSA) is 72.3 Å². The number of rotatable bonds is 5. The summed E-state index contributed by atoms with van der Waals surface area (Å²) in [7, 11) is 1.84. The van der Waals surface area contributed by atoms with Crippen LogP contribution >= 0.6 is 0 Å². The van der Waals surface area contributed by atoms with Gasteiger partial charge >= 0.3 is 0 Å². The van der Waals surface area contributed by atoms with Crippen LogP contribution in [-0.4, -0.2) is 37.5 Å². The van der Waals surface area contributed by atoms with Gasteiger partial charge in [-0.05, 0) is 32.4 Å². The van der Waals surface area contributed by atoms with Gasteiger partial charge in [-0.25, -0.2) is 0 Å². The summed E-state index contributed by atoms with van der Waals surface area (Å²) in [4.78, 5) is 12.3. The summed E-state index contributed by atoms with van der Waals surface area (Å²) >= 11 is 0. The molecule has 0 spiro atoms. The molecule has 0 bridgehead atoms. The van der Waals surface area contributed by atoms with Crippen LogP contribution in [0.2, 0.25) is 0 Å². The van der Waals surface area contributed by atoms with Crippen molar-refractivity contribution in [3.63, 3.8) is 0 Å². The van der Waals surface area contributed by atoms with E-state index in [1.54, 1.807) is 4.90 Å². The van der Waals surface area contributed by atoms with Crippen LogP contribution < -0.4 is 11.5 Å². The highest BCUT2D eigenvalue weighted by Crippen LogP contribution is 2.04. The number of carbonyl (C=O) groups excluding carboxylic acids is 1. The van der Waals surface area contributed by atoms with Crippen LogP contribution in [0.3, 0.4) is 0 Å². The van der Waals surface area contributed by atoms with Crippen LogP contribution in [-0.2, 0) is 4.79 Å². The zero-order chi connectivity index (χ0) is 11.5. The Labute approximate surface area is 93.0 Å². The minimum Gasteiger partial charge on any atom is -0.346 e. The fourth-order valence-electron chi connectivity index (χ4n) is 1.43. The average molecular weight is 215 g/mol. The van der Waals surface area contributed by atoms with Crippen LogP contribution in [0.15, 0.2) is 0 Å². The summed E-state index contributed by atoms with van der Waals surface area (Å²) in [6.07, 6.45) is 6.60. The summed E-state index contributed by atoms with van der Waals surface area (Å²) in [5.41, 5.74) is 10.6. The standard InChI is InChI=1S/C6H16N2.C5H9NO/c7-5-3-1-2-4-6-8;1-6-4-2-3-5(6)7/h1-8H2;2-4H2,1H3. The van der Waals surface area contributed by atoms with Gasteiger partial charge in [0.05, 0.1) is 0 Å². The highest BCUT2D eigenvalue weighted by atomic mass is 16.2. The molecule has 1 aliphatic heterocycles. The van der Waals surface area contributed by atoms with Gasteiger partial charge in [-0.15, -0.1) is 0 Å². The maximum Gasteiger partial charge on any atom is 0.222 e. The zero-order valence-corrected chi connectivity index (χ0v) is 9.87. The smallest absolute Gasteiger partial charge is 0.222 e. The summed E-state index contributed by atoms with van der Waals surface area (Å²) in [5, 5.41) is 0. The van der Waals surface area contributed by atoms with E-state index in [9.17, 15) is 4.79 Å². The molecule has 15 heavy (non-hydrogen) atoms. The molecule has 0 aromatic carbocycles. The maximum absolute atomic E-state index is 10.5. The Kier molecular flexibility index (Phi) is 9.52. The normalized spacial score (nSPS) is 15.1. The minimum atomic E-state index is 0.292. The molecule has 0 saturated carbocycles. The second-order valence-corrected chi connectivity index (χ2v) is 3.91.